The van der Waals surface area contributed by atoms with Gasteiger partial charge in [0.1, 0.15) is 0 Å². The van der Waals surface area contributed by atoms with Crippen LogP contribution in [0.2, 0.25) is 0 Å². The van der Waals surface area contributed by atoms with Crippen LogP contribution in [0, 0.1) is 29.1 Å². The van der Waals surface area contributed by atoms with Crippen molar-refractivity contribution in [2.75, 3.05) is 13.1 Å². The second kappa shape index (κ2) is 7.45. The first-order valence-electron chi connectivity index (χ1n) is 10.6. The number of rotatable bonds is 7. The highest BCUT2D eigenvalue weighted by molar-refractivity contribution is 7.89. The first kappa shape index (κ1) is 19.9. The summed E-state index contributed by atoms with van der Waals surface area (Å²) in [5.74, 6) is 2.61. The Hall–Kier alpha value is -1.40. The molecule has 4 aliphatic rings. The predicted octanol–water partition coefficient (Wildman–Crippen LogP) is 3.57. The number of nitrogens with one attached hydrogen (secondary N) is 2. The smallest absolute Gasteiger partial charge is 0.251 e. The van der Waals surface area contributed by atoms with E-state index in [1.165, 1.54) is 44.6 Å². The molecule has 0 unspecified atom stereocenters. The third kappa shape index (κ3) is 4.13. The van der Waals surface area contributed by atoms with Crippen LogP contribution in [0.3, 0.4) is 0 Å². The molecular weight excluding hydrogens is 372 g/mol. The van der Waals surface area contributed by atoms with Crippen molar-refractivity contribution in [1.29, 1.82) is 0 Å². The van der Waals surface area contributed by atoms with Gasteiger partial charge >= 0.3 is 0 Å². The van der Waals surface area contributed by atoms with E-state index in [2.05, 4.69) is 10.0 Å². The van der Waals surface area contributed by atoms with Gasteiger partial charge in [0.05, 0.1) is 4.90 Å². The topological polar surface area (TPSA) is 75.3 Å². The molecule has 0 saturated heterocycles. The molecule has 0 radical (unpaired) electrons. The zero-order valence-corrected chi connectivity index (χ0v) is 17.7. The standard InChI is InChI=1S/C22H32N2O3S/c1-15(2)13-24-28(26,27)20-5-3-4-19(9-20)21(25)23-14-22-10-16-6-17(11-22)8-18(7-16)12-22/h3-5,9,15-18,24H,6-8,10-14H2,1-2H3,(H,23,25). The van der Waals surface area contributed by atoms with Gasteiger partial charge in [-0.15, -0.1) is 0 Å². The van der Waals surface area contributed by atoms with Gasteiger partial charge in [-0.2, -0.15) is 0 Å². The van der Waals surface area contributed by atoms with Crippen LogP contribution in [0.1, 0.15) is 62.7 Å². The third-order valence-electron chi connectivity index (χ3n) is 6.88. The second-order valence-electron chi connectivity index (χ2n) is 9.87. The van der Waals surface area contributed by atoms with Gasteiger partial charge < -0.3 is 5.32 Å². The quantitative estimate of drug-likeness (QED) is 0.729. The summed E-state index contributed by atoms with van der Waals surface area (Å²) in [5.41, 5.74) is 0.685. The molecule has 4 bridgehead atoms. The molecule has 1 aromatic rings. The van der Waals surface area contributed by atoms with E-state index in [9.17, 15) is 13.2 Å². The SMILES string of the molecule is CC(C)CNS(=O)(=O)c1cccc(C(=O)NCC23CC4CC(CC(C4)C2)C3)c1. The number of benzene rings is 1. The van der Waals surface area contributed by atoms with Crippen molar-refractivity contribution >= 4 is 15.9 Å². The number of hydrogen-bond acceptors (Lipinski definition) is 3. The number of amides is 1. The van der Waals surface area contributed by atoms with Crippen LogP contribution in [0.4, 0.5) is 0 Å². The van der Waals surface area contributed by atoms with Crippen molar-refractivity contribution in [3.63, 3.8) is 0 Å². The van der Waals surface area contributed by atoms with Crippen LogP contribution in [0.25, 0.3) is 0 Å². The molecule has 0 atom stereocenters. The lowest BCUT2D eigenvalue weighted by Gasteiger charge is -2.56. The largest absolute Gasteiger partial charge is 0.351 e. The Bertz CT molecular complexity index is 812. The Morgan fingerprint density at radius 3 is 2.29 bits per heavy atom. The van der Waals surface area contributed by atoms with Crippen LogP contribution in [0.15, 0.2) is 29.2 Å². The van der Waals surface area contributed by atoms with E-state index in [0.717, 1.165) is 24.3 Å². The van der Waals surface area contributed by atoms with Gasteiger partial charge in [-0.05, 0) is 85.8 Å². The average molecular weight is 405 g/mol. The minimum Gasteiger partial charge on any atom is -0.351 e. The summed E-state index contributed by atoms with van der Waals surface area (Å²) < 4.78 is 27.5. The maximum Gasteiger partial charge on any atom is 0.251 e. The van der Waals surface area contributed by atoms with E-state index in [0.29, 0.717) is 12.1 Å². The molecule has 1 amide bonds. The van der Waals surface area contributed by atoms with E-state index in [1.807, 2.05) is 13.8 Å². The minimum absolute atomic E-state index is 0.149. The Morgan fingerprint density at radius 2 is 1.71 bits per heavy atom. The van der Waals surface area contributed by atoms with Gasteiger partial charge in [-0.3, -0.25) is 4.79 Å². The van der Waals surface area contributed by atoms with Crippen molar-refractivity contribution in [3.05, 3.63) is 29.8 Å². The minimum atomic E-state index is -3.59. The van der Waals surface area contributed by atoms with Gasteiger partial charge in [-0.25, -0.2) is 13.1 Å². The summed E-state index contributed by atoms with van der Waals surface area (Å²) in [4.78, 5) is 12.9. The van der Waals surface area contributed by atoms with Crippen molar-refractivity contribution in [1.82, 2.24) is 10.0 Å². The van der Waals surface area contributed by atoms with E-state index >= 15 is 0 Å². The predicted molar refractivity (Wildman–Crippen MR) is 109 cm³/mol. The fraction of sp³-hybridized carbons (Fsp3) is 0.682. The normalized spacial score (nSPS) is 31.3. The van der Waals surface area contributed by atoms with Crippen LogP contribution in [0.5, 0.6) is 0 Å². The summed E-state index contributed by atoms with van der Waals surface area (Å²) in [6, 6.07) is 6.36. The van der Waals surface area contributed by atoms with Crippen molar-refractivity contribution < 1.29 is 13.2 Å². The molecule has 4 fully saturated rings. The fourth-order valence-electron chi connectivity index (χ4n) is 6.04. The number of carbonyl (C=O) groups excluding carboxylic acids is 1. The third-order valence-corrected chi connectivity index (χ3v) is 8.30. The Balaban J connectivity index is 1.42. The molecule has 0 spiro atoms. The number of hydrogen-bond donors (Lipinski definition) is 2. The number of sulfonamides is 1. The molecule has 0 aromatic heterocycles. The highest BCUT2D eigenvalue weighted by Gasteiger charge is 2.50. The van der Waals surface area contributed by atoms with E-state index in [4.69, 9.17) is 0 Å². The Kier molecular flexibility index (Phi) is 5.29. The summed E-state index contributed by atoms with van der Waals surface area (Å²) in [5, 5.41) is 3.13. The van der Waals surface area contributed by atoms with Crippen LogP contribution in [-0.4, -0.2) is 27.4 Å². The maximum atomic E-state index is 12.8. The van der Waals surface area contributed by atoms with Crippen LogP contribution < -0.4 is 10.0 Å². The molecule has 4 saturated carbocycles. The summed E-state index contributed by atoms with van der Waals surface area (Å²) in [7, 11) is -3.59. The monoisotopic (exact) mass is 404 g/mol. The molecule has 4 aliphatic carbocycles. The van der Waals surface area contributed by atoms with Crippen molar-refractivity contribution in [2.24, 2.45) is 29.1 Å². The molecule has 1 aromatic carbocycles. The molecular formula is C22H32N2O3S. The fourth-order valence-corrected chi connectivity index (χ4v) is 7.30. The van der Waals surface area contributed by atoms with Gasteiger partial charge in [0.15, 0.2) is 0 Å². The second-order valence-corrected chi connectivity index (χ2v) is 11.6. The maximum absolute atomic E-state index is 12.8. The lowest BCUT2D eigenvalue weighted by atomic mass is 9.49. The molecule has 6 heteroatoms. The molecule has 5 rings (SSSR count). The zero-order chi connectivity index (χ0) is 19.9. The molecule has 154 valence electrons. The summed E-state index contributed by atoms with van der Waals surface area (Å²) in [6.07, 6.45) is 7.88. The van der Waals surface area contributed by atoms with Crippen molar-refractivity contribution in [3.8, 4) is 0 Å². The molecule has 0 heterocycles. The summed E-state index contributed by atoms with van der Waals surface area (Å²) in [6.45, 7) is 5.01. The lowest BCUT2D eigenvalue weighted by Crippen LogP contribution is -2.51. The van der Waals surface area contributed by atoms with Gasteiger partial charge in [0, 0.05) is 18.7 Å². The van der Waals surface area contributed by atoms with E-state index in [1.54, 1.807) is 18.2 Å². The first-order valence-corrected chi connectivity index (χ1v) is 12.1. The van der Waals surface area contributed by atoms with Crippen LogP contribution >= 0.6 is 0 Å². The van der Waals surface area contributed by atoms with Crippen LogP contribution in [-0.2, 0) is 10.0 Å². The Morgan fingerprint density at radius 1 is 1.11 bits per heavy atom. The molecule has 0 aliphatic heterocycles. The first-order chi connectivity index (χ1) is 13.2. The highest BCUT2D eigenvalue weighted by Crippen LogP contribution is 2.59. The van der Waals surface area contributed by atoms with Crippen molar-refractivity contribution in [2.45, 2.75) is 57.3 Å². The van der Waals surface area contributed by atoms with Gasteiger partial charge in [-0.1, -0.05) is 19.9 Å². The lowest BCUT2D eigenvalue weighted by molar-refractivity contribution is -0.0503. The van der Waals surface area contributed by atoms with Gasteiger partial charge in [0.2, 0.25) is 10.0 Å². The average Bonchev–Trinajstić information content (AvgIpc) is 2.64. The van der Waals surface area contributed by atoms with E-state index < -0.39 is 10.0 Å². The zero-order valence-electron chi connectivity index (χ0n) is 16.9. The number of carbonyl (C=O) groups is 1. The highest BCUT2D eigenvalue weighted by atomic mass is 32.2. The van der Waals surface area contributed by atoms with E-state index in [-0.39, 0.29) is 22.1 Å². The molecule has 2 N–H and O–H groups in total. The Labute approximate surface area is 168 Å². The molecule has 5 nitrogen and oxygen atoms in total. The molecule has 28 heavy (non-hydrogen) atoms. The van der Waals surface area contributed by atoms with Gasteiger partial charge in [0.25, 0.3) is 5.91 Å². The summed E-state index contributed by atoms with van der Waals surface area (Å²) >= 11 is 0.